The van der Waals surface area contributed by atoms with Crippen LogP contribution in [0, 0.1) is 0 Å². The van der Waals surface area contributed by atoms with Crippen LogP contribution in [-0.4, -0.2) is 4.98 Å². The molecule has 0 aliphatic carbocycles. The Kier molecular flexibility index (Phi) is 3.37. The molecule has 0 bridgehead atoms. The molecule has 2 aromatic rings. The highest BCUT2D eigenvalue weighted by Gasteiger charge is 2.02. The van der Waals surface area contributed by atoms with Crippen LogP contribution in [0.5, 0.6) is 0 Å². The highest BCUT2D eigenvalue weighted by atomic mass is 32.2. The van der Waals surface area contributed by atoms with Crippen molar-refractivity contribution >= 4 is 11.8 Å². The number of benzene rings is 1. The Balaban J connectivity index is 2.24. The van der Waals surface area contributed by atoms with Crippen molar-refractivity contribution < 1.29 is 0 Å². The molecule has 0 amide bonds. The molecule has 0 saturated heterocycles. The van der Waals surface area contributed by atoms with E-state index < -0.39 is 0 Å². The first kappa shape index (κ1) is 10.2. The lowest BCUT2D eigenvalue weighted by molar-refractivity contribution is 1.02. The van der Waals surface area contributed by atoms with Crippen LogP contribution in [0.2, 0.25) is 0 Å². The van der Waals surface area contributed by atoms with Crippen LogP contribution in [0.3, 0.4) is 0 Å². The van der Waals surface area contributed by atoms with E-state index >= 15 is 0 Å². The Labute approximate surface area is 93.5 Å². The average Bonchev–Trinajstić information content (AvgIpc) is 2.31. The number of pyridine rings is 1. The van der Waals surface area contributed by atoms with Crippen LogP contribution in [-0.2, 0) is 6.54 Å². The Morgan fingerprint density at radius 1 is 1.07 bits per heavy atom. The molecule has 0 radical (unpaired) electrons. The van der Waals surface area contributed by atoms with E-state index in [-0.39, 0.29) is 0 Å². The minimum Gasteiger partial charge on any atom is -0.326 e. The van der Waals surface area contributed by atoms with Gasteiger partial charge in [0, 0.05) is 17.6 Å². The van der Waals surface area contributed by atoms with Crippen LogP contribution in [0.4, 0.5) is 0 Å². The van der Waals surface area contributed by atoms with Gasteiger partial charge in [-0.3, -0.25) is 0 Å². The fourth-order valence-corrected chi connectivity index (χ4v) is 2.21. The molecule has 0 spiro atoms. The molecule has 0 unspecified atom stereocenters. The minimum absolute atomic E-state index is 0.565. The highest BCUT2D eigenvalue weighted by Crippen LogP contribution is 2.28. The van der Waals surface area contributed by atoms with Gasteiger partial charge in [0.1, 0.15) is 5.03 Å². The molecule has 2 N–H and O–H groups in total. The Morgan fingerprint density at radius 3 is 2.60 bits per heavy atom. The summed E-state index contributed by atoms with van der Waals surface area (Å²) in [6, 6.07) is 14.0. The molecule has 1 aromatic heterocycles. The SMILES string of the molecule is NCc1ccccc1Sc1ccccn1. The van der Waals surface area contributed by atoms with Gasteiger partial charge in [0.05, 0.1) is 0 Å². The van der Waals surface area contributed by atoms with Gasteiger partial charge in [0.2, 0.25) is 0 Å². The maximum Gasteiger partial charge on any atom is 0.101 e. The summed E-state index contributed by atoms with van der Waals surface area (Å²) in [5.74, 6) is 0. The monoisotopic (exact) mass is 216 g/mol. The molecular weight excluding hydrogens is 204 g/mol. The standard InChI is InChI=1S/C12H12N2S/c13-9-10-5-1-2-6-11(10)15-12-7-3-4-8-14-12/h1-8H,9,13H2. The molecular formula is C12H12N2S. The van der Waals surface area contributed by atoms with Crippen molar-refractivity contribution in [1.29, 1.82) is 0 Å². The molecule has 0 saturated carbocycles. The normalized spacial score (nSPS) is 10.2. The van der Waals surface area contributed by atoms with Crippen molar-refractivity contribution in [3.05, 3.63) is 54.2 Å². The van der Waals surface area contributed by atoms with Crippen LogP contribution in [0.25, 0.3) is 0 Å². The molecule has 2 rings (SSSR count). The topological polar surface area (TPSA) is 38.9 Å². The summed E-state index contributed by atoms with van der Waals surface area (Å²) in [7, 11) is 0. The smallest absolute Gasteiger partial charge is 0.101 e. The quantitative estimate of drug-likeness (QED) is 0.857. The number of hydrogen-bond donors (Lipinski definition) is 1. The second-order valence-electron chi connectivity index (χ2n) is 3.08. The van der Waals surface area contributed by atoms with Crippen molar-refractivity contribution in [3.8, 4) is 0 Å². The van der Waals surface area contributed by atoms with Gasteiger partial charge >= 0.3 is 0 Å². The first-order valence-corrected chi connectivity index (χ1v) is 5.58. The van der Waals surface area contributed by atoms with Gasteiger partial charge in [0.25, 0.3) is 0 Å². The molecule has 0 aliphatic rings. The van der Waals surface area contributed by atoms with E-state index in [0.717, 1.165) is 10.6 Å². The largest absolute Gasteiger partial charge is 0.326 e. The zero-order valence-corrected chi connectivity index (χ0v) is 9.08. The first-order valence-electron chi connectivity index (χ1n) is 4.77. The van der Waals surface area contributed by atoms with Crippen LogP contribution >= 0.6 is 11.8 Å². The van der Waals surface area contributed by atoms with E-state index in [9.17, 15) is 0 Å². The fraction of sp³-hybridized carbons (Fsp3) is 0.0833. The third-order valence-corrected chi connectivity index (χ3v) is 3.11. The summed E-state index contributed by atoms with van der Waals surface area (Å²) in [6.07, 6.45) is 1.80. The fourth-order valence-electron chi connectivity index (χ4n) is 1.29. The molecule has 1 aromatic carbocycles. The summed E-state index contributed by atoms with van der Waals surface area (Å²) in [6.45, 7) is 0.565. The van der Waals surface area contributed by atoms with Crippen molar-refractivity contribution in [3.63, 3.8) is 0 Å². The summed E-state index contributed by atoms with van der Waals surface area (Å²) in [5.41, 5.74) is 6.83. The zero-order valence-electron chi connectivity index (χ0n) is 8.26. The van der Waals surface area contributed by atoms with E-state index in [0.29, 0.717) is 6.54 Å². The molecule has 3 heteroatoms. The molecule has 0 aliphatic heterocycles. The highest BCUT2D eigenvalue weighted by molar-refractivity contribution is 7.99. The lowest BCUT2D eigenvalue weighted by atomic mass is 10.2. The third kappa shape index (κ3) is 2.58. The number of nitrogens with two attached hydrogens (primary N) is 1. The number of nitrogens with zero attached hydrogens (tertiary/aromatic N) is 1. The van der Waals surface area contributed by atoms with Gasteiger partial charge in [0.15, 0.2) is 0 Å². The summed E-state index contributed by atoms with van der Waals surface area (Å²) in [5, 5.41) is 0.999. The molecule has 0 fully saturated rings. The van der Waals surface area contributed by atoms with E-state index in [4.69, 9.17) is 5.73 Å². The number of aromatic nitrogens is 1. The van der Waals surface area contributed by atoms with E-state index in [1.165, 1.54) is 4.90 Å². The zero-order chi connectivity index (χ0) is 10.5. The lowest BCUT2D eigenvalue weighted by Crippen LogP contribution is -1.97. The molecule has 1 heterocycles. The summed E-state index contributed by atoms with van der Waals surface area (Å²) in [4.78, 5) is 5.45. The van der Waals surface area contributed by atoms with Gasteiger partial charge in [-0.05, 0) is 23.8 Å². The number of rotatable bonds is 3. The minimum atomic E-state index is 0.565. The van der Waals surface area contributed by atoms with E-state index in [2.05, 4.69) is 11.1 Å². The predicted molar refractivity (Wildman–Crippen MR) is 62.7 cm³/mol. The van der Waals surface area contributed by atoms with Crippen molar-refractivity contribution in [2.45, 2.75) is 16.5 Å². The lowest BCUT2D eigenvalue weighted by Gasteiger charge is -2.05. The maximum atomic E-state index is 5.67. The second-order valence-corrected chi connectivity index (χ2v) is 4.14. The van der Waals surface area contributed by atoms with Gasteiger partial charge in [-0.1, -0.05) is 36.0 Å². The Morgan fingerprint density at radius 2 is 1.87 bits per heavy atom. The van der Waals surface area contributed by atoms with E-state index in [1.807, 2.05) is 36.4 Å². The average molecular weight is 216 g/mol. The molecule has 2 nitrogen and oxygen atoms in total. The van der Waals surface area contributed by atoms with Gasteiger partial charge in [-0.2, -0.15) is 0 Å². The van der Waals surface area contributed by atoms with Crippen molar-refractivity contribution in [2.75, 3.05) is 0 Å². The predicted octanol–water partition coefficient (Wildman–Crippen LogP) is 2.69. The van der Waals surface area contributed by atoms with Crippen molar-refractivity contribution in [1.82, 2.24) is 4.98 Å². The summed E-state index contributed by atoms with van der Waals surface area (Å²) < 4.78 is 0. The molecule has 76 valence electrons. The first-order chi connectivity index (χ1) is 7.40. The van der Waals surface area contributed by atoms with Crippen LogP contribution in [0.1, 0.15) is 5.56 Å². The van der Waals surface area contributed by atoms with Crippen LogP contribution < -0.4 is 5.73 Å². The maximum absolute atomic E-state index is 5.67. The third-order valence-electron chi connectivity index (χ3n) is 2.04. The number of hydrogen-bond acceptors (Lipinski definition) is 3. The Bertz CT molecular complexity index is 429. The second kappa shape index (κ2) is 4.96. The van der Waals surface area contributed by atoms with Crippen molar-refractivity contribution in [2.24, 2.45) is 5.73 Å². The van der Waals surface area contributed by atoms with Gasteiger partial charge in [-0.15, -0.1) is 0 Å². The molecule has 0 atom stereocenters. The Hall–Kier alpha value is -1.32. The molecule has 15 heavy (non-hydrogen) atoms. The summed E-state index contributed by atoms with van der Waals surface area (Å²) >= 11 is 1.65. The van der Waals surface area contributed by atoms with Gasteiger partial charge in [-0.25, -0.2) is 4.98 Å². The van der Waals surface area contributed by atoms with Crippen LogP contribution in [0.15, 0.2) is 58.6 Å². The van der Waals surface area contributed by atoms with E-state index in [1.54, 1.807) is 18.0 Å². The van der Waals surface area contributed by atoms with Gasteiger partial charge < -0.3 is 5.73 Å².